The summed E-state index contributed by atoms with van der Waals surface area (Å²) >= 11 is 0. The monoisotopic (exact) mass is 408 g/mol. The molecular weight excluding hydrogens is 376 g/mol. The highest BCUT2D eigenvalue weighted by molar-refractivity contribution is 5.78. The van der Waals surface area contributed by atoms with Gasteiger partial charge in [-0.25, -0.2) is 4.79 Å². The third-order valence-corrected chi connectivity index (χ3v) is 5.37. The smallest absolute Gasteiger partial charge is 0.315 e. The minimum absolute atomic E-state index is 0.155. The molecule has 3 amide bonds. The number of aryl methyl sites for hydroxylation is 1. The topological polar surface area (TPSA) is 64.7 Å². The molecule has 0 saturated carbocycles. The van der Waals surface area contributed by atoms with Crippen LogP contribution in [0.4, 0.5) is 10.5 Å². The molecule has 0 radical (unpaired) electrons. The van der Waals surface area contributed by atoms with Gasteiger partial charge in [0, 0.05) is 52.4 Å². The van der Waals surface area contributed by atoms with Gasteiger partial charge in [0.15, 0.2) is 0 Å². The Bertz CT molecular complexity index is 849. The molecule has 2 N–H and O–H groups in total. The third kappa shape index (κ3) is 6.51. The van der Waals surface area contributed by atoms with Crippen LogP contribution in [0, 0.1) is 0 Å². The Labute approximate surface area is 179 Å². The molecule has 6 nitrogen and oxygen atoms in total. The molecule has 1 saturated heterocycles. The van der Waals surface area contributed by atoms with Gasteiger partial charge >= 0.3 is 6.03 Å². The first-order chi connectivity index (χ1) is 14.5. The van der Waals surface area contributed by atoms with Gasteiger partial charge in [0.05, 0.1) is 0 Å². The largest absolute Gasteiger partial charge is 0.378 e. The van der Waals surface area contributed by atoms with E-state index in [4.69, 9.17) is 0 Å². The molecule has 1 aliphatic heterocycles. The Morgan fingerprint density at radius 2 is 1.80 bits per heavy atom. The number of hydrogen-bond acceptors (Lipinski definition) is 3. The zero-order chi connectivity index (χ0) is 21.3. The average Bonchev–Trinajstić information content (AvgIpc) is 3.14. The van der Waals surface area contributed by atoms with Gasteiger partial charge in [-0.15, -0.1) is 0 Å². The molecule has 2 aromatic rings. The lowest BCUT2D eigenvalue weighted by molar-refractivity contribution is -0.128. The van der Waals surface area contributed by atoms with Crippen LogP contribution in [-0.2, 0) is 24.3 Å². The van der Waals surface area contributed by atoms with E-state index in [-0.39, 0.29) is 11.9 Å². The van der Waals surface area contributed by atoms with E-state index in [9.17, 15) is 9.59 Å². The Morgan fingerprint density at radius 1 is 1.03 bits per heavy atom. The first kappa shape index (κ1) is 21.7. The van der Waals surface area contributed by atoms with E-state index in [1.54, 1.807) is 0 Å². The molecule has 0 spiro atoms. The summed E-state index contributed by atoms with van der Waals surface area (Å²) in [6, 6.07) is 16.4. The van der Waals surface area contributed by atoms with E-state index >= 15 is 0 Å². The molecular formula is C24H32N4O2. The van der Waals surface area contributed by atoms with E-state index in [0.717, 1.165) is 36.9 Å². The number of carbonyl (C=O) groups excluding carboxylic acids is 2. The molecule has 1 aliphatic rings. The van der Waals surface area contributed by atoms with Crippen molar-refractivity contribution >= 4 is 17.6 Å². The maximum Gasteiger partial charge on any atom is 0.315 e. The molecule has 0 bridgehead atoms. The first-order valence-electron chi connectivity index (χ1n) is 10.6. The van der Waals surface area contributed by atoms with Crippen LogP contribution in [0.1, 0.15) is 36.0 Å². The van der Waals surface area contributed by atoms with Crippen LogP contribution < -0.4 is 15.5 Å². The second kappa shape index (κ2) is 10.7. The summed E-state index contributed by atoms with van der Waals surface area (Å²) in [5.41, 5.74) is 4.60. The lowest BCUT2D eigenvalue weighted by Crippen LogP contribution is -2.35. The van der Waals surface area contributed by atoms with Gasteiger partial charge in [0.1, 0.15) is 0 Å². The molecule has 0 aromatic heterocycles. The summed E-state index contributed by atoms with van der Waals surface area (Å²) in [5.74, 6) is 0.228. The zero-order valence-electron chi connectivity index (χ0n) is 18.0. The number of likely N-dealkylation sites (tertiary alicyclic amines) is 1. The number of amides is 3. The minimum atomic E-state index is -0.155. The van der Waals surface area contributed by atoms with Crippen LogP contribution in [0.5, 0.6) is 0 Å². The van der Waals surface area contributed by atoms with Crippen molar-refractivity contribution in [2.45, 2.75) is 38.8 Å². The summed E-state index contributed by atoms with van der Waals surface area (Å²) in [6.45, 7) is 2.59. The number of carbonyl (C=O) groups is 2. The summed E-state index contributed by atoms with van der Waals surface area (Å²) < 4.78 is 0. The highest BCUT2D eigenvalue weighted by atomic mass is 16.2. The van der Waals surface area contributed by atoms with Gasteiger partial charge < -0.3 is 20.4 Å². The number of benzene rings is 2. The number of urea groups is 1. The van der Waals surface area contributed by atoms with Crippen LogP contribution >= 0.6 is 0 Å². The van der Waals surface area contributed by atoms with Crippen molar-refractivity contribution in [3.05, 3.63) is 65.2 Å². The zero-order valence-corrected chi connectivity index (χ0v) is 18.0. The van der Waals surface area contributed by atoms with Gasteiger partial charge in [0.2, 0.25) is 5.91 Å². The third-order valence-electron chi connectivity index (χ3n) is 5.37. The highest BCUT2D eigenvalue weighted by Gasteiger charge is 2.19. The fourth-order valence-electron chi connectivity index (χ4n) is 3.63. The van der Waals surface area contributed by atoms with Crippen molar-refractivity contribution in [3.63, 3.8) is 0 Å². The molecule has 0 aliphatic carbocycles. The standard InChI is InChI=1S/C24H32N4O2/c1-27(2)22-12-10-19(11-13-22)8-4-14-25-24(30)26-17-20-6-3-7-21(16-20)18-28-15-5-9-23(28)29/h3,6-7,10-13,16H,4-5,8-9,14-15,17-18H2,1-2H3,(H2,25,26,30). The van der Waals surface area contributed by atoms with Crippen molar-refractivity contribution in [3.8, 4) is 0 Å². The fraction of sp³-hybridized carbons (Fsp3) is 0.417. The predicted octanol–water partition coefficient (Wildman–Crippen LogP) is 3.31. The first-order valence-corrected chi connectivity index (χ1v) is 10.6. The Hall–Kier alpha value is -3.02. The summed E-state index contributed by atoms with van der Waals surface area (Å²) in [4.78, 5) is 27.8. The molecule has 160 valence electrons. The van der Waals surface area contributed by atoms with Crippen LogP contribution in [0.15, 0.2) is 48.5 Å². The van der Waals surface area contributed by atoms with E-state index in [1.165, 1.54) is 11.3 Å². The van der Waals surface area contributed by atoms with Gasteiger partial charge in [-0.2, -0.15) is 0 Å². The summed E-state index contributed by atoms with van der Waals surface area (Å²) in [5, 5.41) is 5.83. The number of anilines is 1. The molecule has 2 aromatic carbocycles. The Balaban J connectivity index is 1.35. The van der Waals surface area contributed by atoms with Crippen LogP contribution in [-0.4, -0.2) is 44.0 Å². The minimum Gasteiger partial charge on any atom is -0.378 e. The van der Waals surface area contributed by atoms with Crippen LogP contribution in [0.3, 0.4) is 0 Å². The summed E-state index contributed by atoms with van der Waals surface area (Å²) in [7, 11) is 4.06. The number of nitrogens with one attached hydrogen (secondary N) is 2. The van der Waals surface area contributed by atoms with E-state index < -0.39 is 0 Å². The van der Waals surface area contributed by atoms with Gasteiger partial charge in [-0.05, 0) is 48.1 Å². The fourth-order valence-corrected chi connectivity index (χ4v) is 3.63. The van der Waals surface area contributed by atoms with Crippen molar-refractivity contribution in [1.29, 1.82) is 0 Å². The van der Waals surface area contributed by atoms with E-state index in [1.807, 2.05) is 37.2 Å². The number of nitrogens with zero attached hydrogens (tertiary/aromatic N) is 2. The second-order valence-corrected chi connectivity index (χ2v) is 8.01. The normalized spacial score (nSPS) is 13.4. The molecule has 1 fully saturated rings. The van der Waals surface area contributed by atoms with Gasteiger partial charge in [-0.3, -0.25) is 4.79 Å². The van der Waals surface area contributed by atoms with Crippen molar-refractivity contribution in [2.75, 3.05) is 32.1 Å². The molecule has 30 heavy (non-hydrogen) atoms. The van der Waals surface area contributed by atoms with Crippen LogP contribution in [0.25, 0.3) is 0 Å². The quantitative estimate of drug-likeness (QED) is 0.626. The Morgan fingerprint density at radius 3 is 2.50 bits per heavy atom. The molecule has 3 rings (SSSR count). The lowest BCUT2D eigenvalue weighted by Gasteiger charge is -2.16. The van der Waals surface area contributed by atoms with Crippen molar-refractivity contribution in [1.82, 2.24) is 15.5 Å². The Kier molecular flexibility index (Phi) is 7.71. The average molecular weight is 409 g/mol. The maximum absolute atomic E-state index is 12.1. The van der Waals surface area contributed by atoms with Crippen molar-refractivity contribution in [2.24, 2.45) is 0 Å². The summed E-state index contributed by atoms with van der Waals surface area (Å²) in [6.07, 6.45) is 3.43. The SMILES string of the molecule is CN(C)c1ccc(CCCNC(=O)NCc2cccc(CN3CCCC3=O)c2)cc1. The number of rotatable bonds is 9. The molecule has 6 heteroatoms. The molecule has 1 heterocycles. The van der Waals surface area contributed by atoms with Gasteiger partial charge in [-0.1, -0.05) is 36.4 Å². The lowest BCUT2D eigenvalue weighted by atomic mass is 10.1. The maximum atomic E-state index is 12.1. The predicted molar refractivity (Wildman–Crippen MR) is 120 cm³/mol. The highest BCUT2D eigenvalue weighted by Crippen LogP contribution is 2.15. The van der Waals surface area contributed by atoms with E-state index in [0.29, 0.717) is 26.1 Å². The molecule has 0 atom stereocenters. The van der Waals surface area contributed by atoms with Crippen LogP contribution in [0.2, 0.25) is 0 Å². The number of hydrogen-bond donors (Lipinski definition) is 2. The second-order valence-electron chi connectivity index (χ2n) is 8.01. The van der Waals surface area contributed by atoms with Gasteiger partial charge in [0.25, 0.3) is 0 Å². The molecule has 0 unspecified atom stereocenters. The van der Waals surface area contributed by atoms with Crippen molar-refractivity contribution < 1.29 is 9.59 Å². The van der Waals surface area contributed by atoms with E-state index in [2.05, 4.69) is 45.9 Å².